The lowest BCUT2D eigenvalue weighted by atomic mass is 10.0. The molecule has 0 bridgehead atoms. The van der Waals surface area contributed by atoms with Crippen LogP contribution in [0.3, 0.4) is 0 Å². The van der Waals surface area contributed by atoms with Gasteiger partial charge in [0.1, 0.15) is 11.6 Å². The number of benzene rings is 1. The molecule has 1 aromatic rings. The number of methoxy groups -OCH3 is 2. The van der Waals surface area contributed by atoms with Crippen molar-refractivity contribution in [1.29, 1.82) is 5.26 Å². The van der Waals surface area contributed by atoms with Gasteiger partial charge in [-0.2, -0.15) is 5.26 Å². The molecule has 1 rings (SSSR count). The standard InChI is InChI=1S/C13H12FNO3/c1-17-12-8-10(14)3-4-11(12)9(5-6-15)7-13(16)18-2/h3-4,7-8H,5H2,1-2H3. The molecule has 0 aliphatic rings. The Morgan fingerprint density at radius 2 is 2.22 bits per heavy atom. The van der Waals surface area contributed by atoms with Crippen molar-refractivity contribution in [2.45, 2.75) is 6.42 Å². The molecule has 0 spiro atoms. The predicted molar refractivity (Wildman–Crippen MR) is 63.2 cm³/mol. The second-order valence-electron chi connectivity index (χ2n) is 3.37. The number of nitriles is 1. The third kappa shape index (κ3) is 3.32. The van der Waals surface area contributed by atoms with E-state index in [-0.39, 0.29) is 12.2 Å². The predicted octanol–water partition coefficient (Wildman–Crippen LogP) is 2.30. The van der Waals surface area contributed by atoms with Crippen LogP contribution in [0, 0.1) is 17.1 Å². The van der Waals surface area contributed by atoms with Crippen LogP contribution in [0.2, 0.25) is 0 Å². The van der Waals surface area contributed by atoms with Crippen LogP contribution in [0.5, 0.6) is 5.75 Å². The number of carbonyl (C=O) groups excluding carboxylic acids is 1. The zero-order chi connectivity index (χ0) is 13.5. The summed E-state index contributed by atoms with van der Waals surface area (Å²) in [5.74, 6) is -0.767. The minimum Gasteiger partial charge on any atom is -0.496 e. The highest BCUT2D eigenvalue weighted by Gasteiger charge is 2.11. The van der Waals surface area contributed by atoms with E-state index in [9.17, 15) is 9.18 Å². The Hall–Kier alpha value is -2.35. The molecule has 0 aliphatic heterocycles. The molecule has 18 heavy (non-hydrogen) atoms. The Balaban J connectivity index is 3.26. The van der Waals surface area contributed by atoms with E-state index < -0.39 is 11.8 Å². The first kappa shape index (κ1) is 13.7. The molecule has 5 heteroatoms. The van der Waals surface area contributed by atoms with Crippen molar-refractivity contribution in [2.75, 3.05) is 14.2 Å². The molecule has 0 saturated heterocycles. The van der Waals surface area contributed by atoms with Crippen LogP contribution in [0.1, 0.15) is 12.0 Å². The van der Waals surface area contributed by atoms with Crippen molar-refractivity contribution >= 4 is 11.5 Å². The average molecular weight is 249 g/mol. The highest BCUT2D eigenvalue weighted by molar-refractivity contribution is 5.92. The fraction of sp³-hybridized carbons (Fsp3) is 0.231. The van der Waals surface area contributed by atoms with E-state index in [4.69, 9.17) is 10.00 Å². The Labute approximate surface area is 104 Å². The third-order valence-electron chi connectivity index (χ3n) is 2.27. The lowest BCUT2D eigenvalue weighted by Gasteiger charge is -2.09. The topological polar surface area (TPSA) is 59.3 Å². The number of hydrogen-bond acceptors (Lipinski definition) is 4. The van der Waals surface area contributed by atoms with Gasteiger partial charge in [0.05, 0.1) is 26.7 Å². The van der Waals surface area contributed by atoms with E-state index in [1.807, 2.05) is 6.07 Å². The quantitative estimate of drug-likeness (QED) is 0.607. The lowest BCUT2D eigenvalue weighted by molar-refractivity contribution is -0.134. The van der Waals surface area contributed by atoms with Crippen LogP contribution >= 0.6 is 0 Å². The van der Waals surface area contributed by atoms with Crippen LogP contribution in [-0.2, 0) is 9.53 Å². The SMILES string of the molecule is COC(=O)C=C(CC#N)c1ccc(F)cc1OC. The van der Waals surface area contributed by atoms with Gasteiger partial charge < -0.3 is 9.47 Å². The Morgan fingerprint density at radius 1 is 1.50 bits per heavy atom. The van der Waals surface area contributed by atoms with Crippen LogP contribution in [-0.4, -0.2) is 20.2 Å². The van der Waals surface area contributed by atoms with E-state index >= 15 is 0 Å². The summed E-state index contributed by atoms with van der Waals surface area (Å²) in [5, 5.41) is 8.74. The summed E-state index contributed by atoms with van der Waals surface area (Å²) in [7, 11) is 2.63. The molecule has 0 aromatic heterocycles. The van der Waals surface area contributed by atoms with Gasteiger partial charge in [-0.25, -0.2) is 9.18 Å². The van der Waals surface area contributed by atoms with Crippen molar-refractivity contribution in [2.24, 2.45) is 0 Å². The summed E-state index contributed by atoms with van der Waals surface area (Å²) >= 11 is 0. The molecule has 0 amide bonds. The van der Waals surface area contributed by atoms with E-state index in [0.29, 0.717) is 11.1 Å². The van der Waals surface area contributed by atoms with Crippen LogP contribution < -0.4 is 4.74 Å². The summed E-state index contributed by atoms with van der Waals surface area (Å²) in [6.45, 7) is 0. The van der Waals surface area contributed by atoms with Gasteiger partial charge >= 0.3 is 5.97 Å². The molecule has 0 radical (unpaired) electrons. The van der Waals surface area contributed by atoms with E-state index in [0.717, 1.165) is 0 Å². The molecule has 94 valence electrons. The molecular weight excluding hydrogens is 237 g/mol. The number of halogens is 1. The fourth-order valence-corrected chi connectivity index (χ4v) is 1.44. The number of esters is 1. The minimum atomic E-state index is -0.577. The number of hydrogen-bond donors (Lipinski definition) is 0. The number of rotatable bonds is 4. The zero-order valence-corrected chi connectivity index (χ0v) is 10.1. The molecule has 0 fully saturated rings. The highest BCUT2D eigenvalue weighted by Crippen LogP contribution is 2.28. The Kier molecular flexibility index (Phi) is 4.88. The second kappa shape index (κ2) is 6.40. The van der Waals surface area contributed by atoms with Gasteiger partial charge in [-0.15, -0.1) is 0 Å². The molecule has 0 saturated carbocycles. The summed E-state index contributed by atoms with van der Waals surface area (Å²) in [5.41, 5.74) is 0.909. The van der Waals surface area contributed by atoms with Crippen LogP contribution in [0.15, 0.2) is 24.3 Å². The van der Waals surface area contributed by atoms with Crippen LogP contribution in [0.25, 0.3) is 5.57 Å². The van der Waals surface area contributed by atoms with Crippen molar-refractivity contribution in [1.82, 2.24) is 0 Å². The molecule has 0 N–H and O–H groups in total. The van der Waals surface area contributed by atoms with Crippen molar-refractivity contribution in [3.8, 4) is 11.8 Å². The number of carbonyl (C=O) groups is 1. The largest absolute Gasteiger partial charge is 0.496 e. The van der Waals surface area contributed by atoms with Gasteiger partial charge in [-0.05, 0) is 17.7 Å². The van der Waals surface area contributed by atoms with Gasteiger partial charge in [0, 0.05) is 17.7 Å². The van der Waals surface area contributed by atoms with E-state index in [1.165, 1.54) is 38.5 Å². The summed E-state index contributed by atoms with van der Waals surface area (Å²) in [4.78, 5) is 11.2. The number of ether oxygens (including phenoxy) is 2. The normalized spacial score (nSPS) is 10.7. The Morgan fingerprint density at radius 3 is 2.78 bits per heavy atom. The zero-order valence-electron chi connectivity index (χ0n) is 10.1. The first-order chi connectivity index (χ1) is 8.62. The molecular formula is C13H12FNO3. The van der Waals surface area contributed by atoms with Crippen molar-refractivity contribution in [3.63, 3.8) is 0 Å². The first-order valence-electron chi connectivity index (χ1n) is 5.11. The number of nitrogens with zero attached hydrogens (tertiary/aromatic N) is 1. The molecule has 4 nitrogen and oxygen atoms in total. The second-order valence-corrected chi connectivity index (χ2v) is 3.37. The molecule has 0 aliphatic carbocycles. The van der Waals surface area contributed by atoms with Gasteiger partial charge in [0.15, 0.2) is 0 Å². The highest BCUT2D eigenvalue weighted by atomic mass is 19.1. The van der Waals surface area contributed by atoms with E-state index in [1.54, 1.807) is 0 Å². The summed E-state index contributed by atoms with van der Waals surface area (Å²) in [6.07, 6.45) is 1.19. The van der Waals surface area contributed by atoms with Gasteiger partial charge in [-0.1, -0.05) is 0 Å². The maximum Gasteiger partial charge on any atom is 0.330 e. The molecule has 0 unspecified atom stereocenters. The van der Waals surface area contributed by atoms with Gasteiger partial charge in [0.2, 0.25) is 0 Å². The lowest BCUT2D eigenvalue weighted by Crippen LogP contribution is -1.99. The molecule has 0 heterocycles. The summed E-state index contributed by atoms with van der Waals surface area (Å²) in [6, 6.07) is 5.82. The first-order valence-corrected chi connectivity index (χ1v) is 5.11. The van der Waals surface area contributed by atoms with E-state index in [2.05, 4.69) is 4.74 Å². The molecule has 0 atom stereocenters. The molecule has 1 aromatic carbocycles. The maximum absolute atomic E-state index is 13.1. The van der Waals surface area contributed by atoms with Gasteiger partial charge in [0.25, 0.3) is 0 Å². The third-order valence-corrected chi connectivity index (χ3v) is 2.27. The smallest absolute Gasteiger partial charge is 0.330 e. The number of allylic oxidation sites excluding steroid dienone is 1. The average Bonchev–Trinajstić information content (AvgIpc) is 2.37. The van der Waals surface area contributed by atoms with Crippen molar-refractivity contribution < 1.29 is 18.7 Å². The van der Waals surface area contributed by atoms with Crippen LogP contribution in [0.4, 0.5) is 4.39 Å². The fourth-order valence-electron chi connectivity index (χ4n) is 1.44. The summed E-state index contributed by atoms with van der Waals surface area (Å²) < 4.78 is 22.6. The van der Waals surface area contributed by atoms with Crippen molar-refractivity contribution in [3.05, 3.63) is 35.7 Å². The maximum atomic E-state index is 13.1. The Bertz CT molecular complexity index is 517. The monoisotopic (exact) mass is 249 g/mol. The minimum absolute atomic E-state index is 0.00288. The van der Waals surface area contributed by atoms with Gasteiger partial charge in [-0.3, -0.25) is 0 Å².